The molecule has 0 aliphatic carbocycles. The van der Waals surface area contributed by atoms with Crippen molar-refractivity contribution in [3.8, 4) is 0 Å². The molecule has 5 heteroatoms. The third-order valence-corrected chi connectivity index (χ3v) is 3.77. The average molecular weight is 331 g/mol. The molecule has 2 aromatic rings. The van der Waals surface area contributed by atoms with Gasteiger partial charge in [-0.3, -0.25) is 9.59 Å². The predicted octanol–water partition coefficient (Wildman–Crippen LogP) is 4.18. The van der Waals surface area contributed by atoms with Gasteiger partial charge < -0.3 is 10.6 Å². The fraction of sp³-hybridized carbons (Fsp3) is 0.222. The van der Waals surface area contributed by atoms with Crippen LogP contribution in [0.25, 0.3) is 0 Å². The number of nitrogens with one attached hydrogen (secondary N) is 2. The van der Waals surface area contributed by atoms with E-state index in [0.717, 1.165) is 16.8 Å². The number of rotatable bonds is 5. The van der Waals surface area contributed by atoms with Gasteiger partial charge in [0.1, 0.15) is 0 Å². The standard InChI is InChI=1S/C18H19ClN2O2/c1-12-11-15(8-9-17(12)20-13(2)22)21-18(23)10-7-14-5-3-4-6-16(14)19/h3-6,8-9,11H,7,10H2,1-2H3,(H,20,22)(H,21,23). The molecule has 0 saturated heterocycles. The van der Waals surface area contributed by atoms with Crippen LogP contribution in [0, 0.1) is 6.92 Å². The summed E-state index contributed by atoms with van der Waals surface area (Å²) in [5.74, 6) is -0.193. The quantitative estimate of drug-likeness (QED) is 0.864. The second-order valence-corrected chi connectivity index (χ2v) is 5.76. The maximum atomic E-state index is 12.0. The fourth-order valence-electron chi connectivity index (χ4n) is 2.24. The van der Waals surface area contributed by atoms with E-state index in [1.165, 1.54) is 6.92 Å². The van der Waals surface area contributed by atoms with E-state index in [-0.39, 0.29) is 11.8 Å². The Morgan fingerprint density at radius 2 is 1.83 bits per heavy atom. The van der Waals surface area contributed by atoms with E-state index in [4.69, 9.17) is 11.6 Å². The molecule has 2 amide bonds. The monoisotopic (exact) mass is 330 g/mol. The Labute approximate surface area is 140 Å². The van der Waals surface area contributed by atoms with Crippen LogP contribution in [0.15, 0.2) is 42.5 Å². The summed E-state index contributed by atoms with van der Waals surface area (Å²) in [4.78, 5) is 23.1. The number of aryl methyl sites for hydroxylation is 2. The van der Waals surface area contributed by atoms with Crippen LogP contribution in [-0.4, -0.2) is 11.8 Å². The summed E-state index contributed by atoms with van der Waals surface area (Å²) >= 11 is 6.08. The number of benzene rings is 2. The van der Waals surface area contributed by atoms with Crippen LogP contribution in [-0.2, 0) is 16.0 Å². The van der Waals surface area contributed by atoms with Crippen LogP contribution in [0.2, 0.25) is 5.02 Å². The van der Waals surface area contributed by atoms with Gasteiger partial charge in [0.25, 0.3) is 0 Å². The Hall–Kier alpha value is -2.33. The lowest BCUT2D eigenvalue weighted by Gasteiger charge is -2.10. The van der Waals surface area contributed by atoms with Crippen molar-refractivity contribution in [1.29, 1.82) is 0 Å². The molecular weight excluding hydrogens is 312 g/mol. The van der Waals surface area contributed by atoms with Crippen molar-refractivity contribution in [2.24, 2.45) is 0 Å². The van der Waals surface area contributed by atoms with Crippen LogP contribution in [0.3, 0.4) is 0 Å². The van der Waals surface area contributed by atoms with E-state index in [1.807, 2.05) is 37.3 Å². The lowest BCUT2D eigenvalue weighted by Crippen LogP contribution is -2.13. The van der Waals surface area contributed by atoms with Crippen LogP contribution in [0.4, 0.5) is 11.4 Å². The van der Waals surface area contributed by atoms with E-state index in [2.05, 4.69) is 10.6 Å². The second-order valence-electron chi connectivity index (χ2n) is 5.35. The van der Waals surface area contributed by atoms with Crippen molar-refractivity contribution in [3.05, 3.63) is 58.6 Å². The zero-order chi connectivity index (χ0) is 16.8. The van der Waals surface area contributed by atoms with Crippen molar-refractivity contribution < 1.29 is 9.59 Å². The Bertz CT molecular complexity index is 729. The summed E-state index contributed by atoms with van der Waals surface area (Å²) in [7, 11) is 0. The zero-order valence-corrected chi connectivity index (χ0v) is 13.9. The Morgan fingerprint density at radius 3 is 2.48 bits per heavy atom. The van der Waals surface area contributed by atoms with Crippen LogP contribution in [0.5, 0.6) is 0 Å². The molecule has 0 aromatic heterocycles. The molecule has 0 aliphatic rings. The molecule has 0 aliphatic heterocycles. The van der Waals surface area contributed by atoms with Gasteiger partial charge in [-0.05, 0) is 48.7 Å². The molecule has 0 spiro atoms. The highest BCUT2D eigenvalue weighted by Crippen LogP contribution is 2.20. The van der Waals surface area contributed by atoms with Gasteiger partial charge in [-0.1, -0.05) is 29.8 Å². The van der Waals surface area contributed by atoms with E-state index in [1.54, 1.807) is 12.1 Å². The van der Waals surface area contributed by atoms with Crippen molar-refractivity contribution >= 4 is 34.8 Å². The molecule has 2 aromatic carbocycles. The number of amides is 2. The second kappa shape index (κ2) is 7.79. The predicted molar refractivity (Wildman–Crippen MR) is 93.9 cm³/mol. The smallest absolute Gasteiger partial charge is 0.224 e. The largest absolute Gasteiger partial charge is 0.326 e. The minimum atomic E-state index is -0.121. The maximum Gasteiger partial charge on any atom is 0.224 e. The van der Waals surface area contributed by atoms with Gasteiger partial charge in [0.2, 0.25) is 11.8 Å². The highest BCUT2D eigenvalue weighted by Gasteiger charge is 2.07. The van der Waals surface area contributed by atoms with Crippen molar-refractivity contribution in [3.63, 3.8) is 0 Å². The fourth-order valence-corrected chi connectivity index (χ4v) is 2.47. The minimum Gasteiger partial charge on any atom is -0.326 e. The van der Waals surface area contributed by atoms with Gasteiger partial charge in [0.05, 0.1) is 0 Å². The summed E-state index contributed by atoms with van der Waals surface area (Å²) in [6, 6.07) is 12.9. The van der Waals surface area contributed by atoms with E-state index in [9.17, 15) is 9.59 Å². The molecule has 0 fully saturated rings. The Kier molecular flexibility index (Phi) is 5.77. The summed E-state index contributed by atoms with van der Waals surface area (Å²) < 4.78 is 0. The molecule has 0 bridgehead atoms. The van der Waals surface area contributed by atoms with Gasteiger partial charge in [-0.2, -0.15) is 0 Å². The van der Waals surface area contributed by atoms with Crippen LogP contribution >= 0.6 is 11.6 Å². The third kappa shape index (κ3) is 5.11. The van der Waals surface area contributed by atoms with Gasteiger partial charge in [-0.15, -0.1) is 0 Å². The van der Waals surface area contributed by atoms with E-state index < -0.39 is 0 Å². The first kappa shape index (κ1) is 17.0. The number of hydrogen-bond donors (Lipinski definition) is 2. The van der Waals surface area contributed by atoms with Gasteiger partial charge in [0, 0.05) is 29.7 Å². The first-order chi connectivity index (χ1) is 11.0. The molecule has 2 N–H and O–H groups in total. The number of hydrogen-bond acceptors (Lipinski definition) is 2. The molecule has 23 heavy (non-hydrogen) atoms. The normalized spacial score (nSPS) is 10.2. The lowest BCUT2D eigenvalue weighted by atomic mass is 10.1. The molecule has 0 unspecified atom stereocenters. The maximum absolute atomic E-state index is 12.0. The molecule has 2 rings (SSSR count). The Morgan fingerprint density at radius 1 is 1.09 bits per heavy atom. The van der Waals surface area contributed by atoms with Gasteiger partial charge in [0.15, 0.2) is 0 Å². The molecule has 0 heterocycles. The summed E-state index contributed by atoms with van der Waals surface area (Å²) in [6.07, 6.45) is 0.949. The molecule has 0 saturated carbocycles. The first-order valence-electron chi connectivity index (χ1n) is 7.37. The van der Waals surface area contributed by atoms with Crippen LogP contribution in [0.1, 0.15) is 24.5 Å². The van der Waals surface area contributed by atoms with Crippen molar-refractivity contribution in [2.45, 2.75) is 26.7 Å². The molecule has 0 atom stereocenters. The van der Waals surface area contributed by atoms with E-state index in [0.29, 0.717) is 23.6 Å². The molecule has 120 valence electrons. The SMILES string of the molecule is CC(=O)Nc1ccc(NC(=O)CCc2ccccc2Cl)cc1C. The first-order valence-corrected chi connectivity index (χ1v) is 7.75. The summed E-state index contributed by atoms with van der Waals surface area (Å²) in [5, 5.41) is 6.28. The van der Waals surface area contributed by atoms with E-state index >= 15 is 0 Å². The minimum absolute atomic E-state index is 0.0726. The highest BCUT2D eigenvalue weighted by molar-refractivity contribution is 6.31. The lowest BCUT2D eigenvalue weighted by molar-refractivity contribution is -0.116. The van der Waals surface area contributed by atoms with Gasteiger partial charge in [-0.25, -0.2) is 0 Å². The number of anilines is 2. The molecular formula is C18H19ClN2O2. The molecule has 4 nitrogen and oxygen atoms in total. The Balaban J connectivity index is 1.94. The topological polar surface area (TPSA) is 58.2 Å². The summed E-state index contributed by atoms with van der Waals surface area (Å²) in [6.45, 7) is 3.34. The van der Waals surface area contributed by atoms with Gasteiger partial charge >= 0.3 is 0 Å². The number of carbonyl (C=O) groups is 2. The molecule has 0 radical (unpaired) electrons. The zero-order valence-electron chi connectivity index (χ0n) is 13.2. The summed E-state index contributed by atoms with van der Waals surface area (Å²) in [5.41, 5.74) is 3.30. The third-order valence-electron chi connectivity index (χ3n) is 3.40. The highest BCUT2D eigenvalue weighted by atomic mass is 35.5. The number of carbonyl (C=O) groups excluding carboxylic acids is 2. The average Bonchev–Trinajstić information content (AvgIpc) is 2.49. The van der Waals surface area contributed by atoms with Crippen molar-refractivity contribution in [2.75, 3.05) is 10.6 Å². The van der Waals surface area contributed by atoms with Crippen molar-refractivity contribution in [1.82, 2.24) is 0 Å². The van der Waals surface area contributed by atoms with Crippen LogP contribution < -0.4 is 10.6 Å². The number of halogens is 1.